The van der Waals surface area contributed by atoms with Crippen molar-refractivity contribution in [1.82, 2.24) is 10.3 Å². The van der Waals surface area contributed by atoms with Crippen molar-refractivity contribution >= 4 is 31.7 Å². The van der Waals surface area contributed by atoms with Crippen LogP contribution in [0.3, 0.4) is 0 Å². The Morgan fingerprint density at radius 3 is 2.73 bits per heavy atom. The van der Waals surface area contributed by atoms with Crippen LogP contribution in [-0.4, -0.2) is 35.4 Å². The minimum Gasteiger partial charge on any atom is -0.411 e. The minimum absolute atomic E-state index is 0.0697. The molecule has 0 atom stereocenters. The maximum Gasteiger partial charge on any atom is 0.209 e. The van der Waals surface area contributed by atoms with Gasteiger partial charge in [0.15, 0.2) is 5.69 Å². The molecule has 11 heteroatoms. The summed E-state index contributed by atoms with van der Waals surface area (Å²) >= 11 is 3.11. The molecule has 142 valence electrons. The Morgan fingerprint density at radius 2 is 2.08 bits per heavy atom. The van der Waals surface area contributed by atoms with Gasteiger partial charge in [0.1, 0.15) is 17.2 Å². The van der Waals surface area contributed by atoms with E-state index in [1.807, 2.05) is 0 Å². The average Bonchev–Trinajstić information content (AvgIpc) is 3.03. The molecule has 0 fully saturated rings. The van der Waals surface area contributed by atoms with Crippen molar-refractivity contribution in [3.8, 4) is 0 Å². The Hall–Kier alpha value is -1.85. The van der Waals surface area contributed by atoms with E-state index in [1.54, 1.807) is 12.1 Å². The predicted molar refractivity (Wildman–Crippen MR) is 96.0 cm³/mol. The summed E-state index contributed by atoms with van der Waals surface area (Å²) in [6, 6.07) is 4.47. The second-order valence-electron chi connectivity index (χ2n) is 5.71. The third-order valence-corrected chi connectivity index (χ3v) is 5.11. The summed E-state index contributed by atoms with van der Waals surface area (Å²) in [5.41, 5.74) is 1.78. The van der Waals surface area contributed by atoms with Gasteiger partial charge in [-0.15, -0.1) is 0 Å². The highest BCUT2D eigenvalue weighted by atomic mass is 79.9. The van der Waals surface area contributed by atoms with Crippen molar-refractivity contribution in [1.29, 1.82) is 0 Å². The minimum atomic E-state index is -3.45. The first-order chi connectivity index (χ1) is 12.3. The summed E-state index contributed by atoms with van der Waals surface area (Å²) in [5, 5.41) is 25.1. The van der Waals surface area contributed by atoms with Gasteiger partial charge in [0.2, 0.25) is 10.0 Å². The van der Waals surface area contributed by atoms with E-state index in [2.05, 4.69) is 31.4 Å². The Balaban J connectivity index is 1.99. The maximum atomic E-state index is 13.3. The molecule has 1 heterocycles. The number of oxime groups is 1. The number of benzene rings is 1. The topological polar surface area (TPSA) is 132 Å². The standard InChI is InChI=1S/C15H18BrFN4O4S/c16-11-8-10(5-6-12(11)17)9-14(19-22)15-13(20-25-21-15)4-2-1-3-7-26(18,23)24/h5-6,8,22H,1-4,7,9H2,(H2,18,23,24)/b19-14+. The number of primary sulfonamides is 1. The monoisotopic (exact) mass is 448 g/mol. The van der Waals surface area contributed by atoms with Gasteiger partial charge in [0.25, 0.3) is 0 Å². The molecule has 2 rings (SSSR count). The molecular weight excluding hydrogens is 431 g/mol. The van der Waals surface area contributed by atoms with Crippen LogP contribution in [-0.2, 0) is 22.9 Å². The first-order valence-electron chi connectivity index (χ1n) is 7.77. The lowest BCUT2D eigenvalue weighted by Crippen LogP contribution is -2.16. The highest BCUT2D eigenvalue weighted by Gasteiger charge is 2.18. The van der Waals surface area contributed by atoms with E-state index in [9.17, 15) is 18.0 Å². The highest BCUT2D eigenvalue weighted by Crippen LogP contribution is 2.19. The van der Waals surface area contributed by atoms with Gasteiger partial charge in [0, 0.05) is 6.42 Å². The molecule has 26 heavy (non-hydrogen) atoms. The van der Waals surface area contributed by atoms with E-state index >= 15 is 0 Å². The lowest BCUT2D eigenvalue weighted by atomic mass is 10.0. The number of rotatable bonds is 9. The number of halogens is 2. The van der Waals surface area contributed by atoms with Gasteiger partial charge in [-0.05, 0) is 58.0 Å². The molecule has 1 aromatic carbocycles. The number of hydrogen-bond donors (Lipinski definition) is 2. The van der Waals surface area contributed by atoms with Gasteiger partial charge in [-0.25, -0.2) is 22.6 Å². The Labute approximate surface area is 158 Å². The van der Waals surface area contributed by atoms with Crippen LogP contribution in [0.25, 0.3) is 0 Å². The molecule has 0 aliphatic heterocycles. The van der Waals surface area contributed by atoms with Crippen molar-refractivity contribution in [2.24, 2.45) is 10.3 Å². The van der Waals surface area contributed by atoms with E-state index in [1.165, 1.54) is 6.07 Å². The molecule has 0 bridgehead atoms. The van der Waals surface area contributed by atoms with Gasteiger partial charge >= 0.3 is 0 Å². The quantitative estimate of drug-likeness (QED) is 0.262. The van der Waals surface area contributed by atoms with Crippen LogP contribution >= 0.6 is 15.9 Å². The zero-order chi connectivity index (χ0) is 19.2. The van der Waals surface area contributed by atoms with Crippen LogP contribution < -0.4 is 5.14 Å². The molecule has 1 aromatic heterocycles. The van der Waals surface area contributed by atoms with Gasteiger partial charge in [-0.3, -0.25) is 0 Å². The average molecular weight is 449 g/mol. The van der Waals surface area contributed by atoms with E-state index in [0.29, 0.717) is 47.1 Å². The SMILES string of the molecule is NS(=O)(=O)CCCCCc1nonc1/C(Cc1ccc(F)c(Br)c1)=N/O. The summed E-state index contributed by atoms with van der Waals surface area (Å²) in [5.74, 6) is -0.459. The first kappa shape index (κ1) is 20.5. The normalized spacial score (nSPS) is 12.5. The zero-order valence-electron chi connectivity index (χ0n) is 13.7. The molecule has 0 radical (unpaired) electrons. The Bertz CT molecular complexity index is 886. The molecule has 0 amide bonds. The highest BCUT2D eigenvalue weighted by molar-refractivity contribution is 9.10. The molecule has 2 aromatic rings. The molecule has 0 spiro atoms. The van der Waals surface area contributed by atoms with Crippen LogP contribution in [0.4, 0.5) is 4.39 Å². The lowest BCUT2D eigenvalue weighted by molar-refractivity contribution is 0.300. The van der Waals surface area contributed by atoms with E-state index in [0.717, 1.165) is 0 Å². The molecule has 0 aliphatic rings. The number of hydrogen-bond acceptors (Lipinski definition) is 7. The summed E-state index contributed by atoms with van der Waals surface area (Å²) < 4.78 is 40.2. The van der Waals surface area contributed by atoms with Crippen LogP contribution in [0.2, 0.25) is 0 Å². The van der Waals surface area contributed by atoms with E-state index in [-0.39, 0.29) is 23.7 Å². The van der Waals surface area contributed by atoms with Crippen molar-refractivity contribution in [2.75, 3.05) is 5.75 Å². The van der Waals surface area contributed by atoms with Crippen LogP contribution in [0, 0.1) is 5.82 Å². The molecule has 8 nitrogen and oxygen atoms in total. The van der Waals surface area contributed by atoms with E-state index in [4.69, 9.17) is 9.77 Å². The Kier molecular flexibility index (Phi) is 7.23. The predicted octanol–water partition coefficient (Wildman–Crippen LogP) is 2.39. The smallest absolute Gasteiger partial charge is 0.209 e. The fraction of sp³-hybridized carbons (Fsp3) is 0.400. The number of aryl methyl sites for hydroxylation is 1. The van der Waals surface area contributed by atoms with Gasteiger partial charge in [-0.2, -0.15) is 0 Å². The fourth-order valence-electron chi connectivity index (χ4n) is 2.37. The van der Waals surface area contributed by atoms with Crippen molar-refractivity contribution in [3.05, 3.63) is 45.4 Å². The molecule has 0 unspecified atom stereocenters. The summed E-state index contributed by atoms with van der Waals surface area (Å²) in [4.78, 5) is 0. The van der Waals surface area contributed by atoms with Gasteiger partial charge in [-0.1, -0.05) is 22.8 Å². The van der Waals surface area contributed by atoms with E-state index < -0.39 is 10.0 Å². The fourth-order valence-corrected chi connectivity index (χ4v) is 3.40. The number of unbranched alkanes of at least 4 members (excludes halogenated alkanes) is 2. The van der Waals surface area contributed by atoms with Crippen molar-refractivity contribution < 1.29 is 22.6 Å². The Morgan fingerprint density at radius 1 is 1.31 bits per heavy atom. The molecule has 0 saturated heterocycles. The maximum absolute atomic E-state index is 13.3. The third-order valence-electron chi connectivity index (χ3n) is 3.65. The van der Waals surface area contributed by atoms with Crippen molar-refractivity contribution in [3.63, 3.8) is 0 Å². The second kappa shape index (κ2) is 9.19. The number of aromatic nitrogens is 2. The van der Waals surface area contributed by atoms with Crippen LogP contribution in [0.15, 0.2) is 32.5 Å². The summed E-state index contributed by atoms with van der Waals surface area (Å²) in [6.07, 6.45) is 2.43. The first-order valence-corrected chi connectivity index (χ1v) is 10.3. The number of nitrogens with zero attached hydrogens (tertiary/aromatic N) is 3. The van der Waals surface area contributed by atoms with Crippen LogP contribution in [0.1, 0.15) is 36.2 Å². The lowest BCUT2D eigenvalue weighted by Gasteiger charge is -2.05. The molecule has 0 saturated carbocycles. The molecule has 0 aliphatic carbocycles. The van der Waals surface area contributed by atoms with Crippen LogP contribution in [0.5, 0.6) is 0 Å². The molecular formula is C15H18BrFN4O4S. The van der Waals surface area contributed by atoms with Gasteiger partial charge in [0.05, 0.1) is 10.2 Å². The van der Waals surface area contributed by atoms with Gasteiger partial charge < -0.3 is 5.21 Å². The second-order valence-corrected chi connectivity index (χ2v) is 8.30. The van der Waals surface area contributed by atoms with Crippen molar-refractivity contribution in [2.45, 2.75) is 32.1 Å². The third kappa shape index (κ3) is 6.15. The summed E-state index contributed by atoms with van der Waals surface area (Å²) in [7, 11) is -3.45. The largest absolute Gasteiger partial charge is 0.411 e. The number of nitrogens with two attached hydrogens (primary N) is 1. The summed E-state index contributed by atoms with van der Waals surface area (Å²) in [6.45, 7) is 0. The molecule has 3 N–H and O–H groups in total. The zero-order valence-corrected chi connectivity index (χ0v) is 16.1. The number of sulfonamides is 1.